The van der Waals surface area contributed by atoms with Crippen LogP contribution in [0.15, 0.2) is 46.0 Å². The SMILES string of the molecule is Cc1cccc(-c2nnc(SCC(=O)Nc3c([N+](=O)[O-])ccc(C)c3C)o2)c1. The summed E-state index contributed by atoms with van der Waals surface area (Å²) >= 11 is 1.07. The lowest BCUT2D eigenvalue weighted by Crippen LogP contribution is -2.16. The quantitative estimate of drug-likeness (QED) is 0.374. The molecular weight excluding hydrogens is 380 g/mol. The predicted molar refractivity (Wildman–Crippen MR) is 106 cm³/mol. The van der Waals surface area contributed by atoms with Crippen LogP contribution in [-0.2, 0) is 4.79 Å². The van der Waals surface area contributed by atoms with Crippen molar-refractivity contribution in [2.75, 3.05) is 11.1 Å². The summed E-state index contributed by atoms with van der Waals surface area (Å²) in [4.78, 5) is 23.0. The largest absolute Gasteiger partial charge is 0.411 e. The number of anilines is 1. The van der Waals surface area contributed by atoms with Gasteiger partial charge in [-0.15, -0.1) is 10.2 Å². The number of nitro benzene ring substituents is 1. The zero-order valence-electron chi connectivity index (χ0n) is 15.6. The monoisotopic (exact) mass is 398 g/mol. The predicted octanol–water partition coefficient (Wildman–Crippen LogP) is 4.30. The Morgan fingerprint density at radius 3 is 2.71 bits per heavy atom. The van der Waals surface area contributed by atoms with Crippen LogP contribution in [0, 0.1) is 30.9 Å². The molecule has 1 heterocycles. The lowest BCUT2D eigenvalue weighted by molar-refractivity contribution is -0.384. The maximum Gasteiger partial charge on any atom is 0.293 e. The van der Waals surface area contributed by atoms with Gasteiger partial charge in [0, 0.05) is 11.6 Å². The minimum absolute atomic E-state index is 0.0139. The molecule has 28 heavy (non-hydrogen) atoms. The molecule has 0 bridgehead atoms. The molecule has 0 aliphatic heterocycles. The van der Waals surface area contributed by atoms with Crippen molar-refractivity contribution in [3.8, 4) is 11.5 Å². The van der Waals surface area contributed by atoms with E-state index in [4.69, 9.17) is 4.42 Å². The summed E-state index contributed by atoms with van der Waals surface area (Å²) in [5.74, 6) is -0.0335. The van der Waals surface area contributed by atoms with Crippen molar-refractivity contribution >= 4 is 29.0 Å². The first-order chi connectivity index (χ1) is 13.3. The van der Waals surface area contributed by atoms with Crippen molar-refractivity contribution in [3.05, 3.63) is 63.2 Å². The fraction of sp³-hybridized carbons (Fsp3) is 0.211. The first kappa shape index (κ1) is 19.6. The molecule has 0 radical (unpaired) electrons. The summed E-state index contributed by atoms with van der Waals surface area (Å²) in [6.45, 7) is 5.53. The van der Waals surface area contributed by atoms with Crippen molar-refractivity contribution < 1.29 is 14.1 Å². The summed E-state index contributed by atoms with van der Waals surface area (Å²) < 4.78 is 5.58. The lowest BCUT2D eigenvalue weighted by Gasteiger charge is -2.10. The van der Waals surface area contributed by atoms with Gasteiger partial charge in [0.15, 0.2) is 0 Å². The number of hydrogen-bond donors (Lipinski definition) is 1. The molecule has 0 spiro atoms. The van der Waals surface area contributed by atoms with Crippen molar-refractivity contribution in [2.45, 2.75) is 26.0 Å². The van der Waals surface area contributed by atoms with Crippen LogP contribution < -0.4 is 5.32 Å². The van der Waals surface area contributed by atoms with Crippen molar-refractivity contribution in [3.63, 3.8) is 0 Å². The number of nitro groups is 1. The molecule has 3 aromatic rings. The van der Waals surface area contributed by atoms with Gasteiger partial charge in [0.25, 0.3) is 10.9 Å². The van der Waals surface area contributed by atoms with E-state index in [9.17, 15) is 14.9 Å². The first-order valence-electron chi connectivity index (χ1n) is 8.43. The van der Waals surface area contributed by atoms with Gasteiger partial charge < -0.3 is 9.73 Å². The van der Waals surface area contributed by atoms with Gasteiger partial charge in [-0.1, -0.05) is 35.5 Å². The molecule has 0 fully saturated rings. The number of amides is 1. The van der Waals surface area contributed by atoms with Crippen LogP contribution >= 0.6 is 11.8 Å². The topological polar surface area (TPSA) is 111 Å². The molecule has 1 N–H and O–H groups in total. The van der Waals surface area contributed by atoms with Gasteiger partial charge in [-0.3, -0.25) is 14.9 Å². The van der Waals surface area contributed by atoms with E-state index in [1.807, 2.05) is 38.1 Å². The Balaban J connectivity index is 1.68. The van der Waals surface area contributed by atoms with Crippen molar-refractivity contribution in [2.24, 2.45) is 0 Å². The van der Waals surface area contributed by atoms with Gasteiger partial charge in [-0.25, -0.2) is 0 Å². The summed E-state index contributed by atoms with van der Waals surface area (Å²) in [6.07, 6.45) is 0. The zero-order chi connectivity index (χ0) is 20.3. The second-order valence-corrected chi connectivity index (χ2v) is 7.16. The first-order valence-corrected chi connectivity index (χ1v) is 9.41. The van der Waals surface area contributed by atoms with Crippen LogP contribution in [0.5, 0.6) is 0 Å². The van der Waals surface area contributed by atoms with E-state index < -0.39 is 10.8 Å². The maximum atomic E-state index is 12.3. The Labute approximate surface area is 165 Å². The van der Waals surface area contributed by atoms with E-state index in [0.717, 1.165) is 28.5 Å². The van der Waals surface area contributed by atoms with Gasteiger partial charge in [0.1, 0.15) is 5.69 Å². The average molecular weight is 398 g/mol. The number of aromatic nitrogens is 2. The second kappa shape index (κ2) is 8.22. The number of nitrogens with zero attached hydrogens (tertiary/aromatic N) is 3. The molecule has 3 rings (SSSR count). The summed E-state index contributed by atoms with van der Waals surface area (Å²) in [6, 6.07) is 10.7. The zero-order valence-corrected chi connectivity index (χ0v) is 16.4. The standard InChI is InChI=1S/C19H18N4O4S/c1-11-5-4-6-14(9-11)18-21-22-19(27-18)28-10-16(24)20-17-13(3)12(2)7-8-15(17)23(25)26/h4-9H,10H2,1-3H3,(H,20,24). The number of carbonyl (C=O) groups excluding carboxylic acids is 1. The molecule has 2 aromatic carbocycles. The van der Waals surface area contributed by atoms with E-state index in [2.05, 4.69) is 15.5 Å². The van der Waals surface area contributed by atoms with Crippen LogP contribution in [0.25, 0.3) is 11.5 Å². The smallest absolute Gasteiger partial charge is 0.293 e. The fourth-order valence-corrected chi connectivity index (χ4v) is 3.14. The highest BCUT2D eigenvalue weighted by atomic mass is 32.2. The second-order valence-electron chi connectivity index (χ2n) is 6.24. The highest BCUT2D eigenvalue weighted by Gasteiger charge is 2.20. The average Bonchev–Trinajstić information content (AvgIpc) is 3.13. The number of benzene rings is 2. The number of aryl methyl sites for hydroxylation is 2. The minimum atomic E-state index is -0.513. The highest BCUT2D eigenvalue weighted by Crippen LogP contribution is 2.30. The molecule has 1 amide bonds. The van der Waals surface area contributed by atoms with Crippen LogP contribution in [0.3, 0.4) is 0 Å². The number of carbonyl (C=O) groups is 1. The van der Waals surface area contributed by atoms with Crippen molar-refractivity contribution in [1.29, 1.82) is 0 Å². The van der Waals surface area contributed by atoms with E-state index in [0.29, 0.717) is 11.5 Å². The fourth-order valence-electron chi connectivity index (χ4n) is 2.58. The molecule has 9 heteroatoms. The highest BCUT2D eigenvalue weighted by molar-refractivity contribution is 7.99. The van der Waals surface area contributed by atoms with Gasteiger partial charge in [-0.05, 0) is 44.0 Å². The Morgan fingerprint density at radius 2 is 2.00 bits per heavy atom. The van der Waals surface area contributed by atoms with E-state index >= 15 is 0 Å². The summed E-state index contributed by atoms with van der Waals surface area (Å²) in [7, 11) is 0. The molecule has 0 unspecified atom stereocenters. The molecule has 144 valence electrons. The van der Waals surface area contributed by atoms with Gasteiger partial charge in [-0.2, -0.15) is 0 Å². The lowest BCUT2D eigenvalue weighted by atomic mass is 10.1. The van der Waals surface area contributed by atoms with Crippen LogP contribution in [0.2, 0.25) is 0 Å². The van der Waals surface area contributed by atoms with E-state index in [1.165, 1.54) is 6.07 Å². The molecule has 0 aliphatic carbocycles. The Hall–Kier alpha value is -3.20. The van der Waals surface area contributed by atoms with Crippen LogP contribution in [0.1, 0.15) is 16.7 Å². The third-order valence-corrected chi connectivity index (χ3v) is 4.99. The minimum Gasteiger partial charge on any atom is -0.411 e. The third kappa shape index (κ3) is 4.37. The van der Waals surface area contributed by atoms with E-state index in [-0.39, 0.29) is 22.4 Å². The molecule has 0 saturated heterocycles. The van der Waals surface area contributed by atoms with E-state index in [1.54, 1.807) is 13.0 Å². The van der Waals surface area contributed by atoms with Crippen molar-refractivity contribution in [1.82, 2.24) is 10.2 Å². The Kier molecular flexibility index (Phi) is 5.74. The van der Waals surface area contributed by atoms with Crippen LogP contribution in [-0.4, -0.2) is 26.8 Å². The molecule has 0 saturated carbocycles. The summed E-state index contributed by atoms with van der Waals surface area (Å²) in [5, 5.41) is 22.0. The normalized spacial score (nSPS) is 10.7. The third-order valence-electron chi connectivity index (χ3n) is 4.17. The maximum absolute atomic E-state index is 12.3. The summed E-state index contributed by atoms with van der Waals surface area (Å²) in [5.41, 5.74) is 3.46. The number of hydrogen-bond acceptors (Lipinski definition) is 7. The van der Waals surface area contributed by atoms with Gasteiger partial charge in [0.05, 0.1) is 10.7 Å². The molecule has 0 atom stereocenters. The molecular formula is C19H18N4O4S. The number of thioether (sulfide) groups is 1. The van der Waals surface area contributed by atoms with Gasteiger partial charge >= 0.3 is 0 Å². The van der Waals surface area contributed by atoms with Crippen LogP contribution in [0.4, 0.5) is 11.4 Å². The Bertz CT molecular complexity index is 1050. The molecule has 0 aliphatic rings. The number of rotatable bonds is 6. The van der Waals surface area contributed by atoms with Gasteiger partial charge in [0.2, 0.25) is 11.8 Å². The Morgan fingerprint density at radius 1 is 1.21 bits per heavy atom. The molecule has 1 aromatic heterocycles. The number of nitrogens with one attached hydrogen (secondary N) is 1. The molecule has 8 nitrogen and oxygen atoms in total.